The topological polar surface area (TPSA) is 78.5 Å². The molecule has 2 atom stereocenters. The summed E-state index contributed by atoms with van der Waals surface area (Å²) in [6.45, 7) is 3.33. The predicted octanol–water partition coefficient (Wildman–Crippen LogP) is 4.26. The zero-order valence-corrected chi connectivity index (χ0v) is 19.1. The van der Waals surface area contributed by atoms with Gasteiger partial charge < -0.3 is 10.6 Å². The lowest BCUT2D eigenvalue weighted by atomic mass is 9.87. The van der Waals surface area contributed by atoms with Crippen molar-refractivity contribution in [1.82, 2.24) is 15.5 Å². The van der Waals surface area contributed by atoms with Crippen LogP contribution in [0.25, 0.3) is 0 Å². The molecule has 1 aliphatic rings. The van der Waals surface area contributed by atoms with Gasteiger partial charge in [0.05, 0.1) is 6.04 Å². The zero-order chi connectivity index (χ0) is 23.6. The molecule has 6 nitrogen and oxygen atoms in total. The van der Waals surface area contributed by atoms with Crippen molar-refractivity contribution >= 4 is 29.2 Å². The summed E-state index contributed by atoms with van der Waals surface area (Å²) < 4.78 is 13.4. The van der Waals surface area contributed by atoms with Crippen molar-refractivity contribution in [2.24, 2.45) is 0 Å². The van der Waals surface area contributed by atoms with Crippen molar-refractivity contribution in [2.75, 3.05) is 6.54 Å². The lowest BCUT2D eigenvalue weighted by molar-refractivity contribution is -0.135. The van der Waals surface area contributed by atoms with Crippen molar-refractivity contribution in [1.29, 1.82) is 0 Å². The summed E-state index contributed by atoms with van der Waals surface area (Å²) in [5, 5.41) is 7.61. The first kappa shape index (κ1) is 22.7. The second kappa shape index (κ2) is 9.15. The molecule has 4 amide bonds. The Morgan fingerprint density at radius 3 is 2.42 bits per heavy atom. The minimum atomic E-state index is -1.32. The van der Waals surface area contributed by atoms with Crippen LogP contribution >= 0.6 is 11.3 Å². The highest BCUT2D eigenvalue weighted by Gasteiger charge is 2.51. The maximum Gasteiger partial charge on any atom is 0.325 e. The lowest BCUT2D eigenvalue weighted by Gasteiger charge is -2.26. The van der Waals surface area contributed by atoms with Crippen LogP contribution in [-0.4, -0.2) is 29.3 Å². The van der Waals surface area contributed by atoms with E-state index in [0.29, 0.717) is 5.56 Å². The fourth-order valence-electron chi connectivity index (χ4n) is 4.03. The van der Waals surface area contributed by atoms with Gasteiger partial charge in [-0.1, -0.05) is 55.0 Å². The Morgan fingerprint density at radius 1 is 1.12 bits per heavy atom. The van der Waals surface area contributed by atoms with Crippen LogP contribution in [0, 0.1) is 12.7 Å². The summed E-state index contributed by atoms with van der Waals surface area (Å²) in [5.41, 5.74) is 1.16. The number of benzene rings is 2. The number of nitrogens with zero attached hydrogens (tertiary/aromatic N) is 1. The number of urea groups is 1. The number of carbonyl (C=O) groups is 3. The normalized spacial score (nSPS) is 18.8. The minimum Gasteiger partial charge on any atom is -0.343 e. The van der Waals surface area contributed by atoms with E-state index in [2.05, 4.69) is 10.6 Å². The van der Waals surface area contributed by atoms with Crippen LogP contribution in [0.3, 0.4) is 0 Å². The Bertz CT molecular complexity index is 1160. The van der Waals surface area contributed by atoms with Crippen LogP contribution in [0.4, 0.5) is 9.18 Å². The monoisotopic (exact) mass is 465 g/mol. The maximum absolute atomic E-state index is 13.4. The van der Waals surface area contributed by atoms with Gasteiger partial charge in [0.25, 0.3) is 5.91 Å². The first-order chi connectivity index (χ1) is 15.8. The predicted molar refractivity (Wildman–Crippen MR) is 124 cm³/mol. The number of halogens is 1. The van der Waals surface area contributed by atoms with Gasteiger partial charge in [-0.2, -0.15) is 0 Å². The van der Waals surface area contributed by atoms with Gasteiger partial charge in [0.15, 0.2) is 0 Å². The summed E-state index contributed by atoms with van der Waals surface area (Å²) in [5.74, 6) is -1.42. The van der Waals surface area contributed by atoms with E-state index in [1.807, 2.05) is 48.7 Å². The van der Waals surface area contributed by atoms with Crippen LogP contribution in [0.1, 0.15) is 41.0 Å². The van der Waals surface area contributed by atoms with E-state index < -0.39 is 41.8 Å². The molecule has 2 N–H and O–H groups in total. The number of amides is 4. The van der Waals surface area contributed by atoms with E-state index >= 15 is 0 Å². The van der Waals surface area contributed by atoms with Gasteiger partial charge >= 0.3 is 6.03 Å². The molecular formula is C25H24FN3O3S. The molecule has 2 heterocycles. The summed E-state index contributed by atoms with van der Waals surface area (Å²) in [6.07, 6.45) is 0.266. The van der Waals surface area contributed by atoms with E-state index in [9.17, 15) is 18.8 Å². The Kier molecular flexibility index (Phi) is 6.29. The van der Waals surface area contributed by atoms with Crippen LogP contribution in [-0.2, 0) is 15.1 Å². The second-order valence-corrected chi connectivity index (χ2v) is 8.99. The van der Waals surface area contributed by atoms with Crippen molar-refractivity contribution in [3.05, 3.63) is 93.4 Å². The average molecular weight is 466 g/mol. The second-order valence-electron chi connectivity index (χ2n) is 8.01. The molecule has 1 aliphatic heterocycles. The number of carbonyl (C=O) groups excluding carboxylic acids is 3. The zero-order valence-electron chi connectivity index (χ0n) is 18.3. The van der Waals surface area contributed by atoms with Gasteiger partial charge in [0, 0.05) is 4.88 Å². The molecule has 170 valence electrons. The molecule has 2 unspecified atom stereocenters. The van der Waals surface area contributed by atoms with Crippen LogP contribution in [0.15, 0.2) is 66.0 Å². The van der Waals surface area contributed by atoms with Gasteiger partial charge in [-0.15, -0.1) is 11.3 Å². The molecule has 0 radical (unpaired) electrons. The Balaban J connectivity index is 1.54. The summed E-state index contributed by atoms with van der Waals surface area (Å²) in [4.78, 5) is 40.8. The molecule has 2 aromatic carbocycles. The number of nitrogens with one attached hydrogen (secondary N) is 2. The maximum atomic E-state index is 13.4. The van der Waals surface area contributed by atoms with Crippen LogP contribution in [0.2, 0.25) is 0 Å². The Morgan fingerprint density at radius 2 is 1.82 bits per heavy atom. The molecule has 3 aromatic rings. The van der Waals surface area contributed by atoms with Gasteiger partial charge in [-0.05, 0) is 48.1 Å². The third kappa shape index (κ3) is 4.39. The molecule has 8 heteroatoms. The van der Waals surface area contributed by atoms with E-state index in [1.165, 1.54) is 35.6 Å². The Labute approximate surface area is 195 Å². The first-order valence-electron chi connectivity index (χ1n) is 10.6. The number of rotatable bonds is 7. The number of hydrogen-bond acceptors (Lipinski definition) is 4. The highest BCUT2D eigenvalue weighted by molar-refractivity contribution is 7.10. The van der Waals surface area contributed by atoms with Gasteiger partial charge in [-0.25, -0.2) is 9.18 Å². The lowest BCUT2D eigenvalue weighted by Crippen LogP contribution is -2.45. The molecular weight excluding hydrogens is 441 g/mol. The highest BCUT2D eigenvalue weighted by Crippen LogP contribution is 2.33. The molecule has 0 aliphatic carbocycles. The number of aryl methyl sites for hydroxylation is 1. The molecule has 4 rings (SSSR count). The van der Waals surface area contributed by atoms with Crippen molar-refractivity contribution < 1.29 is 18.8 Å². The average Bonchev–Trinajstić information content (AvgIpc) is 3.42. The standard InChI is InChI=1S/C25H24FN3O3S/c1-3-25(18-10-12-19(26)13-11-18)23(31)29(24(32)28-25)15-21(30)27-22(20-5-4-14-33-20)17-8-6-16(2)7-9-17/h4-14,22H,3,15H2,1-2H3,(H,27,30)(H,28,32). The van der Waals surface area contributed by atoms with Gasteiger partial charge in [-0.3, -0.25) is 14.5 Å². The molecule has 1 saturated heterocycles. The summed E-state index contributed by atoms with van der Waals surface area (Å²) in [7, 11) is 0. The van der Waals surface area contributed by atoms with E-state index in [0.717, 1.165) is 20.9 Å². The third-order valence-corrected chi connectivity index (χ3v) is 6.83. The molecule has 1 aromatic heterocycles. The largest absolute Gasteiger partial charge is 0.343 e. The molecule has 1 fully saturated rings. The van der Waals surface area contributed by atoms with E-state index in [-0.39, 0.29) is 6.42 Å². The Hall–Kier alpha value is -3.52. The smallest absolute Gasteiger partial charge is 0.325 e. The van der Waals surface area contributed by atoms with Crippen LogP contribution in [0.5, 0.6) is 0 Å². The summed E-state index contributed by atoms with van der Waals surface area (Å²) >= 11 is 1.51. The number of imide groups is 1. The summed E-state index contributed by atoms with van der Waals surface area (Å²) in [6, 6.07) is 16.1. The van der Waals surface area contributed by atoms with Crippen molar-refractivity contribution in [3.63, 3.8) is 0 Å². The molecule has 0 saturated carbocycles. The first-order valence-corrected chi connectivity index (χ1v) is 11.5. The van der Waals surface area contributed by atoms with Gasteiger partial charge in [0.1, 0.15) is 17.9 Å². The number of hydrogen-bond donors (Lipinski definition) is 2. The van der Waals surface area contributed by atoms with E-state index in [4.69, 9.17) is 0 Å². The molecule has 33 heavy (non-hydrogen) atoms. The van der Waals surface area contributed by atoms with E-state index in [1.54, 1.807) is 6.92 Å². The fourth-order valence-corrected chi connectivity index (χ4v) is 4.83. The molecule has 0 spiro atoms. The quantitative estimate of drug-likeness (QED) is 0.512. The number of thiophene rings is 1. The van der Waals surface area contributed by atoms with Crippen molar-refractivity contribution in [3.8, 4) is 0 Å². The van der Waals surface area contributed by atoms with Gasteiger partial charge in [0.2, 0.25) is 5.91 Å². The SMILES string of the molecule is CCC1(c2ccc(F)cc2)NC(=O)N(CC(=O)NC(c2ccc(C)cc2)c2cccs2)C1=O. The minimum absolute atomic E-state index is 0.266. The molecule has 0 bridgehead atoms. The highest BCUT2D eigenvalue weighted by atomic mass is 32.1. The fraction of sp³-hybridized carbons (Fsp3) is 0.240. The van der Waals surface area contributed by atoms with Crippen LogP contribution < -0.4 is 10.6 Å². The third-order valence-electron chi connectivity index (χ3n) is 5.89. The van der Waals surface area contributed by atoms with Crippen molar-refractivity contribution in [2.45, 2.75) is 31.8 Å².